The monoisotopic (exact) mass is 222 g/mol. The highest BCUT2D eigenvalue weighted by molar-refractivity contribution is 5.94. The average molecular weight is 222 g/mol. The fraction of sp³-hybridized carbons (Fsp3) is 0.333. The number of amides is 1. The second kappa shape index (κ2) is 6.00. The Kier molecular flexibility index (Phi) is 4.64. The fourth-order valence-electron chi connectivity index (χ4n) is 1.42. The zero-order valence-corrected chi connectivity index (χ0v) is 9.32. The Hall–Kier alpha value is -1.71. The molecule has 3 nitrogen and oxygen atoms in total. The molecule has 0 aromatic carbocycles. The lowest BCUT2D eigenvalue weighted by molar-refractivity contribution is 0.0769. The molecule has 1 aromatic heterocycles. The Morgan fingerprint density at radius 1 is 1.69 bits per heavy atom. The van der Waals surface area contributed by atoms with Gasteiger partial charge in [-0.2, -0.15) is 0 Å². The van der Waals surface area contributed by atoms with Crippen LogP contribution in [0.1, 0.15) is 23.7 Å². The van der Waals surface area contributed by atoms with Gasteiger partial charge in [0.1, 0.15) is 0 Å². The van der Waals surface area contributed by atoms with Gasteiger partial charge in [0.05, 0.1) is 11.8 Å². The highest BCUT2D eigenvalue weighted by Crippen LogP contribution is 2.09. The molecule has 0 aliphatic heterocycles. The molecule has 16 heavy (non-hydrogen) atoms. The van der Waals surface area contributed by atoms with E-state index in [1.165, 1.54) is 12.3 Å². The van der Waals surface area contributed by atoms with Crippen molar-refractivity contribution in [2.75, 3.05) is 13.1 Å². The Balaban J connectivity index is 2.89. The minimum absolute atomic E-state index is 0.0605. The Bertz CT molecular complexity index is 379. The molecule has 0 bridgehead atoms. The number of halogens is 1. The van der Waals surface area contributed by atoms with Gasteiger partial charge in [-0.25, -0.2) is 4.39 Å². The molecule has 86 valence electrons. The van der Waals surface area contributed by atoms with E-state index >= 15 is 0 Å². The molecule has 0 aliphatic carbocycles. The minimum Gasteiger partial charge on any atom is -0.335 e. The third kappa shape index (κ3) is 2.89. The molecule has 0 spiro atoms. The largest absolute Gasteiger partial charge is 0.335 e. The van der Waals surface area contributed by atoms with E-state index in [9.17, 15) is 9.18 Å². The molecule has 4 heteroatoms. The molecule has 1 rings (SSSR count). The summed E-state index contributed by atoms with van der Waals surface area (Å²) < 4.78 is 13.3. The molecule has 0 saturated heterocycles. The van der Waals surface area contributed by atoms with Crippen molar-refractivity contribution in [3.05, 3.63) is 42.5 Å². The molecule has 1 amide bonds. The molecule has 0 aliphatic rings. The van der Waals surface area contributed by atoms with Crippen LogP contribution in [-0.4, -0.2) is 28.9 Å². The molecule has 1 aromatic rings. The Morgan fingerprint density at radius 3 is 3.00 bits per heavy atom. The van der Waals surface area contributed by atoms with Crippen molar-refractivity contribution in [3.63, 3.8) is 0 Å². The van der Waals surface area contributed by atoms with Gasteiger partial charge in [-0.05, 0) is 12.5 Å². The van der Waals surface area contributed by atoms with Gasteiger partial charge in [0.15, 0.2) is 5.82 Å². The first-order valence-corrected chi connectivity index (χ1v) is 5.20. The first-order valence-electron chi connectivity index (χ1n) is 5.20. The molecule has 0 N–H and O–H groups in total. The van der Waals surface area contributed by atoms with Crippen LogP contribution in [0.15, 0.2) is 31.1 Å². The van der Waals surface area contributed by atoms with Crippen LogP contribution in [0.4, 0.5) is 4.39 Å². The van der Waals surface area contributed by atoms with Gasteiger partial charge in [-0.1, -0.05) is 13.0 Å². The summed E-state index contributed by atoms with van der Waals surface area (Å²) in [6.07, 6.45) is 4.92. The third-order valence-corrected chi connectivity index (χ3v) is 2.13. The average Bonchev–Trinajstić information content (AvgIpc) is 2.28. The standard InChI is InChI=1S/C12H15FN2O/c1-3-7-15(8-4-2)12(16)10-5-6-14-9-11(10)13/h3,5-6,9H,1,4,7-8H2,2H3. The predicted octanol–water partition coefficient (Wildman–Crippen LogP) is 2.26. The lowest BCUT2D eigenvalue weighted by Gasteiger charge is -2.20. The van der Waals surface area contributed by atoms with Crippen molar-refractivity contribution in [1.29, 1.82) is 0 Å². The summed E-state index contributed by atoms with van der Waals surface area (Å²) in [5.41, 5.74) is 0.0605. The van der Waals surface area contributed by atoms with Crippen LogP contribution >= 0.6 is 0 Å². The summed E-state index contributed by atoms with van der Waals surface area (Å²) in [5, 5.41) is 0. The van der Waals surface area contributed by atoms with Crippen LogP contribution in [0.5, 0.6) is 0 Å². The SMILES string of the molecule is C=CCN(CCC)C(=O)c1ccncc1F. The van der Waals surface area contributed by atoms with Gasteiger partial charge in [-0.3, -0.25) is 9.78 Å². The maximum Gasteiger partial charge on any atom is 0.257 e. The summed E-state index contributed by atoms with van der Waals surface area (Å²) in [7, 11) is 0. The lowest BCUT2D eigenvalue weighted by Crippen LogP contribution is -2.32. The molecule has 0 saturated carbocycles. The fourth-order valence-corrected chi connectivity index (χ4v) is 1.42. The first-order chi connectivity index (χ1) is 7.70. The highest BCUT2D eigenvalue weighted by atomic mass is 19.1. The number of carbonyl (C=O) groups is 1. The minimum atomic E-state index is -0.585. The van der Waals surface area contributed by atoms with E-state index in [2.05, 4.69) is 11.6 Å². The highest BCUT2D eigenvalue weighted by Gasteiger charge is 2.17. The van der Waals surface area contributed by atoms with Crippen molar-refractivity contribution in [1.82, 2.24) is 9.88 Å². The molecule has 1 heterocycles. The molecule has 0 fully saturated rings. The van der Waals surface area contributed by atoms with Crippen molar-refractivity contribution < 1.29 is 9.18 Å². The lowest BCUT2D eigenvalue weighted by atomic mass is 10.2. The number of rotatable bonds is 5. The van der Waals surface area contributed by atoms with Gasteiger partial charge in [0.2, 0.25) is 0 Å². The zero-order valence-electron chi connectivity index (χ0n) is 9.32. The second-order valence-electron chi connectivity index (χ2n) is 3.40. The summed E-state index contributed by atoms with van der Waals surface area (Å²) in [6, 6.07) is 1.39. The normalized spacial score (nSPS) is 9.88. The van der Waals surface area contributed by atoms with Crippen molar-refractivity contribution in [2.24, 2.45) is 0 Å². The van der Waals surface area contributed by atoms with Crippen LogP contribution in [-0.2, 0) is 0 Å². The third-order valence-electron chi connectivity index (χ3n) is 2.13. The van der Waals surface area contributed by atoms with Crippen LogP contribution in [0.2, 0.25) is 0 Å². The quantitative estimate of drug-likeness (QED) is 0.716. The smallest absolute Gasteiger partial charge is 0.257 e. The van der Waals surface area contributed by atoms with E-state index in [4.69, 9.17) is 0 Å². The van der Waals surface area contributed by atoms with Gasteiger partial charge in [0.25, 0.3) is 5.91 Å². The van der Waals surface area contributed by atoms with E-state index in [0.29, 0.717) is 13.1 Å². The van der Waals surface area contributed by atoms with Crippen molar-refractivity contribution in [3.8, 4) is 0 Å². The number of hydrogen-bond acceptors (Lipinski definition) is 2. The molecule has 0 radical (unpaired) electrons. The zero-order chi connectivity index (χ0) is 12.0. The van der Waals surface area contributed by atoms with Gasteiger partial charge in [-0.15, -0.1) is 6.58 Å². The number of carbonyl (C=O) groups excluding carboxylic acids is 1. The summed E-state index contributed by atoms with van der Waals surface area (Å²) >= 11 is 0. The van der Waals surface area contributed by atoms with E-state index in [0.717, 1.165) is 12.6 Å². The van der Waals surface area contributed by atoms with Crippen LogP contribution in [0.25, 0.3) is 0 Å². The van der Waals surface area contributed by atoms with Crippen molar-refractivity contribution >= 4 is 5.91 Å². The number of pyridine rings is 1. The molecule has 0 unspecified atom stereocenters. The Morgan fingerprint density at radius 2 is 2.44 bits per heavy atom. The van der Waals surface area contributed by atoms with E-state index in [-0.39, 0.29) is 11.5 Å². The van der Waals surface area contributed by atoms with Gasteiger partial charge >= 0.3 is 0 Å². The van der Waals surface area contributed by atoms with Crippen LogP contribution < -0.4 is 0 Å². The molecular formula is C12H15FN2O. The Labute approximate surface area is 94.6 Å². The van der Waals surface area contributed by atoms with E-state index in [1.54, 1.807) is 11.0 Å². The topological polar surface area (TPSA) is 33.2 Å². The van der Waals surface area contributed by atoms with E-state index in [1.807, 2.05) is 6.92 Å². The van der Waals surface area contributed by atoms with Crippen LogP contribution in [0, 0.1) is 5.82 Å². The first kappa shape index (κ1) is 12.4. The predicted molar refractivity (Wildman–Crippen MR) is 60.6 cm³/mol. The maximum absolute atomic E-state index is 13.3. The van der Waals surface area contributed by atoms with Gasteiger partial charge in [0, 0.05) is 19.3 Å². The number of hydrogen-bond donors (Lipinski definition) is 0. The van der Waals surface area contributed by atoms with Gasteiger partial charge < -0.3 is 4.90 Å². The number of nitrogens with zero attached hydrogens (tertiary/aromatic N) is 2. The number of aromatic nitrogens is 1. The summed E-state index contributed by atoms with van der Waals surface area (Å²) in [6.45, 7) is 6.56. The molecular weight excluding hydrogens is 207 g/mol. The maximum atomic E-state index is 13.3. The summed E-state index contributed by atoms with van der Waals surface area (Å²) in [5.74, 6) is -0.903. The van der Waals surface area contributed by atoms with Crippen molar-refractivity contribution in [2.45, 2.75) is 13.3 Å². The summed E-state index contributed by atoms with van der Waals surface area (Å²) in [4.78, 5) is 17.1. The second-order valence-corrected chi connectivity index (χ2v) is 3.40. The van der Waals surface area contributed by atoms with E-state index < -0.39 is 5.82 Å². The van der Waals surface area contributed by atoms with Crippen LogP contribution in [0.3, 0.4) is 0 Å². The molecule has 0 atom stereocenters.